The van der Waals surface area contributed by atoms with E-state index in [-0.39, 0.29) is 18.8 Å². The van der Waals surface area contributed by atoms with Crippen LogP contribution in [0, 0.1) is 18.6 Å². The van der Waals surface area contributed by atoms with E-state index in [0.29, 0.717) is 16.8 Å². The first-order chi connectivity index (χ1) is 15.0. The Kier molecular flexibility index (Phi) is 6.66. The van der Waals surface area contributed by atoms with Crippen molar-refractivity contribution in [1.29, 1.82) is 0 Å². The van der Waals surface area contributed by atoms with Gasteiger partial charge in [-0.1, -0.05) is 12.1 Å². The molecule has 0 saturated carbocycles. The molecule has 172 valence electrons. The van der Waals surface area contributed by atoms with Crippen LogP contribution in [0.4, 0.5) is 14.5 Å². The average Bonchev–Trinajstić information content (AvgIpc) is 2.74. The van der Waals surface area contributed by atoms with Crippen molar-refractivity contribution in [2.45, 2.75) is 32.9 Å². The fourth-order valence-electron chi connectivity index (χ4n) is 3.76. The van der Waals surface area contributed by atoms with Gasteiger partial charge in [0.15, 0.2) is 0 Å². The summed E-state index contributed by atoms with van der Waals surface area (Å²) in [6, 6.07) is 9.38. The van der Waals surface area contributed by atoms with Crippen molar-refractivity contribution in [2.24, 2.45) is 0 Å². The molecule has 1 N–H and O–H groups in total. The van der Waals surface area contributed by atoms with Gasteiger partial charge in [-0.15, -0.1) is 0 Å². The second kappa shape index (κ2) is 8.95. The highest BCUT2D eigenvalue weighted by atomic mass is 32.2. The van der Waals surface area contributed by atoms with Crippen LogP contribution in [0.3, 0.4) is 0 Å². The molecule has 10 heteroatoms. The Morgan fingerprint density at radius 3 is 2.34 bits per heavy atom. The molecule has 32 heavy (non-hydrogen) atoms. The van der Waals surface area contributed by atoms with Crippen LogP contribution < -0.4 is 10.2 Å². The number of carbonyl (C=O) groups is 2. The maximum atomic E-state index is 13.7. The second-order valence-corrected chi connectivity index (χ2v) is 10.2. The van der Waals surface area contributed by atoms with Gasteiger partial charge in [0.1, 0.15) is 17.2 Å². The Morgan fingerprint density at radius 2 is 1.75 bits per heavy atom. The molecular weight excluding hydrogens is 440 g/mol. The number of amides is 2. The molecule has 2 amide bonds. The van der Waals surface area contributed by atoms with Crippen LogP contribution in [0.25, 0.3) is 0 Å². The summed E-state index contributed by atoms with van der Waals surface area (Å²) in [6.07, 6.45) is 0. The third kappa shape index (κ3) is 4.66. The normalized spacial score (nSPS) is 19.8. The Hall–Kier alpha value is -2.85. The molecule has 0 bridgehead atoms. The molecule has 3 rings (SSSR count). The van der Waals surface area contributed by atoms with Gasteiger partial charge < -0.3 is 5.32 Å². The monoisotopic (exact) mass is 465 g/mol. The fourth-order valence-corrected chi connectivity index (χ4v) is 4.88. The van der Waals surface area contributed by atoms with Crippen LogP contribution in [-0.4, -0.2) is 48.9 Å². The van der Waals surface area contributed by atoms with E-state index >= 15 is 0 Å². The number of hydrogen-bond donors (Lipinski definition) is 1. The van der Waals surface area contributed by atoms with E-state index in [1.54, 1.807) is 6.92 Å². The summed E-state index contributed by atoms with van der Waals surface area (Å²) in [5.74, 6) is -2.31. The number of hydrogen-bond acceptors (Lipinski definition) is 4. The first kappa shape index (κ1) is 23.8. The van der Waals surface area contributed by atoms with Crippen molar-refractivity contribution in [3.8, 4) is 0 Å². The number of rotatable bonds is 6. The first-order valence-electron chi connectivity index (χ1n) is 10.1. The van der Waals surface area contributed by atoms with Crippen LogP contribution in [0.2, 0.25) is 0 Å². The molecular formula is C22H25F2N3O4S. The number of anilines is 1. The minimum Gasteiger partial charge on any atom is -0.350 e. The summed E-state index contributed by atoms with van der Waals surface area (Å²) < 4.78 is 52.9. The number of sulfonamides is 1. The summed E-state index contributed by atoms with van der Waals surface area (Å²) in [4.78, 5) is 27.7. The summed E-state index contributed by atoms with van der Waals surface area (Å²) in [6.45, 7) is 3.92. The second-order valence-electron chi connectivity index (χ2n) is 7.91. The van der Waals surface area contributed by atoms with E-state index in [0.717, 1.165) is 4.31 Å². The molecule has 1 saturated heterocycles. The van der Waals surface area contributed by atoms with E-state index in [1.807, 2.05) is 0 Å². The smallest absolute Gasteiger partial charge is 0.247 e. The zero-order valence-electron chi connectivity index (χ0n) is 18.1. The van der Waals surface area contributed by atoms with Crippen LogP contribution in [0.1, 0.15) is 25.0 Å². The lowest BCUT2D eigenvalue weighted by Gasteiger charge is -2.47. The van der Waals surface area contributed by atoms with E-state index in [4.69, 9.17) is 0 Å². The van der Waals surface area contributed by atoms with E-state index in [1.165, 1.54) is 61.2 Å². The maximum Gasteiger partial charge on any atom is 0.247 e. The molecule has 1 fully saturated rings. The highest BCUT2D eigenvalue weighted by molar-refractivity contribution is 7.89. The van der Waals surface area contributed by atoms with Gasteiger partial charge in [0.25, 0.3) is 0 Å². The van der Waals surface area contributed by atoms with Gasteiger partial charge >= 0.3 is 0 Å². The quantitative estimate of drug-likeness (QED) is 0.710. The number of piperazine rings is 1. The first-order valence-corrected chi connectivity index (χ1v) is 11.7. The highest BCUT2D eigenvalue weighted by Crippen LogP contribution is 2.33. The minimum atomic E-state index is -3.75. The minimum absolute atomic E-state index is 0.0552. The Labute approximate surface area is 186 Å². The van der Waals surface area contributed by atoms with Crippen LogP contribution in [0.15, 0.2) is 42.5 Å². The Bertz CT molecular complexity index is 1140. The fraction of sp³-hybridized carbons (Fsp3) is 0.364. The van der Waals surface area contributed by atoms with Gasteiger partial charge in [0.05, 0.1) is 12.3 Å². The number of benzene rings is 2. The van der Waals surface area contributed by atoms with Crippen molar-refractivity contribution in [2.75, 3.05) is 23.7 Å². The van der Waals surface area contributed by atoms with E-state index in [9.17, 15) is 26.8 Å². The summed E-state index contributed by atoms with van der Waals surface area (Å²) in [5.41, 5.74) is -0.208. The Morgan fingerprint density at radius 1 is 1.12 bits per heavy atom. The molecule has 1 atom stereocenters. The largest absolute Gasteiger partial charge is 0.350 e. The zero-order valence-corrected chi connectivity index (χ0v) is 18.9. The summed E-state index contributed by atoms with van der Waals surface area (Å²) >= 11 is 0. The van der Waals surface area contributed by atoms with E-state index < -0.39 is 45.6 Å². The Balaban J connectivity index is 1.99. The number of carbonyl (C=O) groups excluding carboxylic acids is 2. The number of nitrogens with one attached hydrogen (secondary N) is 1. The standard InChI is InChI=1S/C22H25F2N3O4S/c1-4-32(30,31)26-13-20(28)27(19-10-9-18(24)11-15(19)2)22(3,14-26)21(29)25-12-16-5-7-17(23)8-6-16/h5-11H,4,12-14H2,1-3H3,(H,25,29). The summed E-state index contributed by atoms with van der Waals surface area (Å²) in [5, 5.41) is 2.72. The van der Waals surface area contributed by atoms with Gasteiger partial charge in [-0.3, -0.25) is 14.5 Å². The molecule has 2 aromatic carbocycles. The highest BCUT2D eigenvalue weighted by Gasteiger charge is 2.50. The molecule has 0 radical (unpaired) electrons. The average molecular weight is 466 g/mol. The third-order valence-corrected chi connectivity index (χ3v) is 7.33. The SMILES string of the molecule is CCS(=O)(=O)N1CC(=O)N(c2ccc(F)cc2C)C(C)(C(=O)NCc2ccc(F)cc2)C1. The number of aryl methyl sites for hydroxylation is 1. The molecule has 0 aliphatic carbocycles. The lowest BCUT2D eigenvalue weighted by molar-refractivity contribution is -0.133. The molecule has 1 aliphatic rings. The molecule has 1 unspecified atom stereocenters. The maximum absolute atomic E-state index is 13.7. The van der Waals surface area contributed by atoms with Crippen LogP contribution >= 0.6 is 0 Å². The van der Waals surface area contributed by atoms with Gasteiger partial charge in [-0.2, -0.15) is 4.31 Å². The lowest BCUT2D eigenvalue weighted by Crippen LogP contribution is -2.70. The van der Waals surface area contributed by atoms with Crippen molar-refractivity contribution >= 4 is 27.5 Å². The predicted molar refractivity (Wildman–Crippen MR) is 116 cm³/mol. The van der Waals surface area contributed by atoms with Crippen LogP contribution in [-0.2, 0) is 26.2 Å². The number of nitrogens with zero attached hydrogens (tertiary/aromatic N) is 2. The molecule has 1 aliphatic heterocycles. The molecule has 0 spiro atoms. The van der Waals surface area contributed by atoms with Gasteiger partial charge in [-0.05, 0) is 62.2 Å². The van der Waals surface area contributed by atoms with Crippen molar-refractivity contribution in [3.63, 3.8) is 0 Å². The number of halogens is 2. The lowest BCUT2D eigenvalue weighted by atomic mass is 9.93. The van der Waals surface area contributed by atoms with Gasteiger partial charge in [0.2, 0.25) is 21.8 Å². The van der Waals surface area contributed by atoms with Crippen LogP contribution in [0.5, 0.6) is 0 Å². The summed E-state index contributed by atoms with van der Waals surface area (Å²) in [7, 11) is -3.75. The zero-order chi connectivity index (χ0) is 23.7. The third-order valence-electron chi connectivity index (χ3n) is 5.55. The van der Waals surface area contributed by atoms with Gasteiger partial charge in [0, 0.05) is 18.8 Å². The molecule has 0 aromatic heterocycles. The predicted octanol–water partition coefficient (Wildman–Crippen LogP) is 2.35. The van der Waals surface area contributed by atoms with Crippen molar-refractivity contribution < 1.29 is 26.8 Å². The molecule has 2 aromatic rings. The molecule has 7 nitrogen and oxygen atoms in total. The van der Waals surface area contributed by atoms with E-state index in [2.05, 4.69) is 5.32 Å². The topological polar surface area (TPSA) is 86.8 Å². The van der Waals surface area contributed by atoms with Crippen molar-refractivity contribution in [1.82, 2.24) is 9.62 Å². The van der Waals surface area contributed by atoms with Gasteiger partial charge in [-0.25, -0.2) is 17.2 Å². The molecule has 1 heterocycles. The van der Waals surface area contributed by atoms with Crippen molar-refractivity contribution in [3.05, 3.63) is 65.2 Å².